The summed E-state index contributed by atoms with van der Waals surface area (Å²) in [5.74, 6) is 1.79. The van der Waals surface area contributed by atoms with Crippen molar-refractivity contribution in [2.24, 2.45) is 7.05 Å². The summed E-state index contributed by atoms with van der Waals surface area (Å²) in [7, 11) is 4.23. The van der Waals surface area contributed by atoms with Crippen LogP contribution in [0.5, 0.6) is 5.75 Å². The molecule has 3 aromatic carbocycles. The van der Waals surface area contributed by atoms with E-state index in [0.717, 1.165) is 23.7 Å². The molecule has 1 aliphatic rings. The molecule has 31 heavy (non-hydrogen) atoms. The molecule has 0 N–H and O–H groups in total. The van der Waals surface area contributed by atoms with Crippen molar-refractivity contribution in [3.63, 3.8) is 0 Å². The van der Waals surface area contributed by atoms with Crippen molar-refractivity contribution in [3.8, 4) is 5.75 Å². The van der Waals surface area contributed by atoms with E-state index in [-0.39, 0.29) is 0 Å². The first-order chi connectivity index (χ1) is 14.9. The van der Waals surface area contributed by atoms with Gasteiger partial charge in [0.2, 0.25) is 11.4 Å². The van der Waals surface area contributed by atoms with Crippen LogP contribution < -0.4 is 14.2 Å². The normalized spacial score (nSPS) is 15.2. The zero-order valence-electron chi connectivity index (χ0n) is 18.7. The first-order valence-corrected chi connectivity index (χ1v) is 11.5. The minimum absolute atomic E-state index is 0.869. The van der Waals surface area contributed by atoms with Crippen LogP contribution >= 0.6 is 11.3 Å². The van der Waals surface area contributed by atoms with E-state index in [1.807, 2.05) is 11.3 Å². The van der Waals surface area contributed by atoms with Crippen LogP contribution in [0.25, 0.3) is 27.1 Å². The summed E-state index contributed by atoms with van der Waals surface area (Å²) >= 11 is 1.84. The third kappa shape index (κ3) is 3.41. The van der Waals surface area contributed by atoms with Crippen molar-refractivity contribution >= 4 is 44.1 Å². The Kier molecular flexibility index (Phi) is 4.82. The predicted octanol–water partition coefficient (Wildman–Crippen LogP) is 6.66. The maximum Gasteiger partial charge on any atom is 0.262 e. The lowest BCUT2D eigenvalue weighted by Gasteiger charge is -2.11. The average Bonchev–Trinajstić information content (AvgIpc) is 3.22. The summed E-state index contributed by atoms with van der Waals surface area (Å²) in [4.78, 5) is 2.14. The lowest BCUT2D eigenvalue weighted by molar-refractivity contribution is -0.642. The van der Waals surface area contributed by atoms with Crippen molar-refractivity contribution in [1.82, 2.24) is 0 Å². The second kappa shape index (κ2) is 7.54. The van der Waals surface area contributed by atoms with Crippen molar-refractivity contribution in [1.29, 1.82) is 0 Å². The van der Waals surface area contributed by atoms with Crippen LogP contribution in [0.15, 0.2) is 66.1 Å². The Bertz CT molecular complexity index is 1390. The van der Waals surface area contributed by atoms with E-state index in [1.165, 1.54) is 42.7 Å². The zero-order valence-corrected chi connectivity index (χ0v) is 19.5. The van der Waals surface area contributed by atoms with Crippen molar-refractivity contribution in [3.05, 3.63) is 82.2 Å². The van der Waals surface area contributed by atoms with E-state index in [0.29, 0.717) is 0 Å². The first kappa shape index (κ1) is 19.8. The fraction of sp³-hybridized carbons (Fsp3) is 0.222. The van der Waals surface area contributed by atoms with Gasteiger partial charge in [-0.15, -0.1) is 0 Å². The van der Waals surface area contributed by atoms with Gasteiger partial charge >= 0.3 is 0 Å². The van der Waals surface area contributed by atoms with Gasteiger partial charge in [0.25, 0.3) is 5.01 Å². The fourth-order valence-corrected chi connectivity index (χ4v) is 5.29. The molecule has 3 nitrogen and oxygen atoms in total. The Morgan fingerprint density at radius 3 is 2.52 bits per heavy atom. The Morgan fingerprint density at radius 1 is 1.06 bits per heavy atom. The number of thiazole rings is 1. The van der Waals surface area contributed by atoms with Gasteiger partial charge in [-0.05, 0) is 65.9 Å². The molecular weight excluding hydrogens is 400 g/mol. The third-order valence-electron chi connectivity index (χ3n) is 6.24. The van der Waals surface area contributed by atoms with Gasteiger partial charge in [0, 0.05) is 25.3 Å². The Hall–Kier alpha value is -3.11. The van der Waals surface area contributed by atoms with E-state index in [9.17, 15) is 0 Å². The molecule has 0 spiro atoms. The maximum atomic E-state index is 6.26. The summed E-state index contributed by atoms with van der Waals surface area (Å²) in [5.41, 5.74) is 6.32. The van der Waals surface area contributed by atoms with E-state index in [2.05, 4.69) is 105 Å². The van der Waals surface area contributed by atoms with Gasteiger partial charge in [-0.2, -0.15) is 4.57 Å². The molecule has 0 saturated carbocycles. The molecule has 1 aliphatic heterocycles. The van der Waals surface area contributed by atoms with E-state index < -0.39 is 0 Å². The number of rotatable bonds is 3. The molecule has 1 aromatic heterocycles. The monoisotopic (exact) mass is 427 g/mol. The van der Waals surface area contributed by atoms with Gasteiger partial charge in [0.1, 0.15) is 11.7 Å². The topological polar surface area (TPSA) is 16.4 Å². The molecule has 0 aliphatic carbocycles. The van der Waals surface area contributed by atoms with Gasteiger partial charge in [-0.25, -0.2) is 0 Å². The van der Waals surface area contributed by atoms with Gasteiger partial charge in [-0.1, -0.05) is 42.5 Å². The highest BCUT2D eigenvalue weighted by atomic mass is 32.1. The van der Waals surface area contributed by atoms with E-state index in [4.69, 9.17) is 4.74 Å². The van der Waals surface area contributed by atoms with Crippen LogP contribution in [0.1, 0.15) is 29.5 Å². The molecule has 156 valence electrons. The van der Waals surface area contributed by atoms with Crippen LogP contribution in [0.3, 0.4) is 0 Å². The number of anilines is 1. The highest BCUT2D eigenvalue weighted by Gasteiger charge is 2.24. The molecule has 0 unspecified atom stereocenters. The van der Waals surface area contributed by atoms with Crippen LogP contribution in [-0.2, 0) is 7.05 Å². The molecule has 2 heterocycles. The van der Waals surface area contributed by atoms with Crippen LogP contribution in [0.4, 0.5) is 5.69 Å². The minimum atomic E-state index is 0.869. The second-order valence-corrected chi connectivity index (χ2v) is 9.35. The number of nitrogens with zero attached hydrogens (tertiary/aromatic N) is 2. The van der Waals surface area contributed by atoms with E-state index in [1.54, 1.807) is 0 Å². The molecule has 5 rings (SSSR count). The number of fused-ring (bicyclic) bond motifs is 3. The molecule has 0 bridgehead atoms. The summed E-state index contributed by atoms with van der Waals surface area (Å²) in [5, 5.41) is 3.68. The Labute approximate surface area is 187 Å². The van der Waals surface area contributed by atoms with Gasteiger partial charge < -0.3 is 9.64 Å². The number of hydrogen-bond acceptors (Lipinski definition) is 3. The lowest BCUT2D eigenvalue weighted by atomic mass is 10.1. The zero-order chi connectivity index (χ0) is 21.7. The Morgan fingerprint density at radius 2 is 1.77 bits per heavy atom. The number of hydrogen-bond donors (Lipinski definition) is 0. The minimum Gasteiger partial charge on any atom is -0.439 e. The predicted molar refractivity (Wildman–Crippen MR) is 132 cm³/mol. The quantitative estimate of drug-likeness (QED) is 0.340. The number of allylic oxidation sites excluding steroid dienone is 2. The van der Waals surface area contributed by atoms with Crippen LogP contribution in [-0.4, -0.2) is 7.05 Å². The SMILES string of the molecule is CCC(=Cc1sc2cc(C)c(C)cc2[n+]1C)C=C1Oc2cc3ccccc3cc2N1C. The fourth-order valence-electron chi connectivity index (χ4n) is 4.08. The van der Waals surface area contributed by atoms with Crippen molar-refractivity contribution in [2.75, 3.05) is 11.9 Å². The number of benzene rings is 3. The average molecular weight is 428 g/mol. The van der Waals surface area contributed by atoms with Crippen molar-refractivity contribution in [2.45, 2.75) is 27.2 Å². The largest absolute Gasteiger partial charge is 0.439 e. The Balaban J connectivity index is 1.53. The first-order valence-electron chi connectivity index (χ1n) is 10.7. The summed E-state index contributed by atoms with van der Waals surface area (Å²) in [6.45, 7) is 6.55. The molecule has 0 amide bonds. The van der Waals surface area contributed by atoms with Gasteiger partial charge in [-0.3, -0.25) is 0 Å². The molecule has 4 heteroatoms. The number of ether oxygens (including phenoxy) is 1. The molecule has 0 radical (unpaired) electrons. The third-order valence-corrected chi connectivity index (χ3v) is 7.39. The number of aromatic nitrogens is 1. The molecule has 0 atom stereocenters. The standard InChI is InChI=1S/C27H27N2OS/c1-6-19(14-27-29(5)23-11-17(2)18(3)12-25(23)31-27)13-26-28(4)22-15-20-9-7-8-10-21(20)16-24(22)30-26/h7-16H,6H2,1-5H3/q+1. The molecule has 0 fully saturated rings. The van der Waals surface area contributed by atoms with Crippen molar-refractivity contribution < 1.29 is 9.30 Å². The summed E-state index contributed by atoms with van der Waals surface area (Å²) < 4.78 is 9.88. The van der Waals surface area contributed by atoms with Gasteiger partial charge in [0.05, 0.1) is 5.69 Å². The maximum absolute atomic E-state index is 6.26. The molecule has 0 saturated heterocycles. The van der Waals surface area contributed by atoms with Crippen LogP contribution in [0, 0.1) is 13.8 Å². The lowest BCUT2D eigenvalue weighted by Crippen LogP contribution is -2.29. The number of aryl methyl sites for hydroxylation is 3. The van der Waals surface area contributed by atoms with Crippen LogP contribution in [0.2, 0.25) is 0 Å². The molecule has 4 aromatic rings. The van der Waals surface area contributed by atoms with Gasteiger partial charge in [0.15, 0.2) is 5.75 Å². The summed E-state index contributed by atoms with van der Waals surface area (Å²) in [6.07, 6.45) is 5.40. The molecular formula is C27H27N2OS+. The highest BCUT2D eigenvalue weighted by Crippen LogP contribution is 2.41. The second-order valence-electron chi connectivity index (χ2n) is 8.29. The summed E-state index contributed by atoms with van der Waals surface area (Å²) in [6, 6.07) is 17.3. The smallest absolute Gasteiger partial charge is 0.262 e. The van der Waals surface area contributed by atoms with E-state index >= 15 is 0 Å². The highest BCUT2D eigenvalue weighted by molar-refractivity contribution is 7.18.